The number of rotatable bonds is 4. The van der Waals surface area contributed by atoms with Crippen molar-refractivity contribution in [3.63, 3.8) is 0 Å². The molecular formula is C26H27FN4O2. The molecule has 170 valence electrons. The number of hydrogen-bond acceptors (Lipinski definition) is 6. The lowest BCUT2D eigenvalue weighted by Crippen LogP contribution is -2.51. The normalized spacial score (nSPS) is 25.3. The number of pyridine rings is 1. The highest BCUT2D eigenvalue weighted by molar-refractivity contribution is 6.01. The van der Waals surface area contributed by atoms with E-state index in [0.29, 0.717) is 29.7 Å². The molecule has 1 aliphatic carbocycles. The number of ketones is 1. The second kappa shape index (κ2) is 7.61. The largest absolute Gasteiger partial charge is 0.494 e. The molecule has 1 N–H and O–H groups in total. The lowest BCUT2D eigenvalue weighted by molar-refractivity contribution is -0.119. The number of benzene rings is 1. The lowest BCUT2D eigenvalue weighted by Gasteiger charge is -2.47. The zero-order chi connectivity index (χ0) is 23.4. The van der Waals surface area contributed by atoms with Crippen molar-refractivity contribution >= 4 is 5.78 Å². The van der Waals surface area contributed by atoms with Crippen LogP contribution in [0.1, 0.15) is 45.6 Å². The Balaban J connectivity index is 1.75. The Bertz CT molecular complexity index is 1250. The molecule has 2 aliphatic heterocycles. The van der Waals surface area contributed by atoms with Gasteiger partial charge in [-0.25, -0.2) is 4.39 Å². The summed E-state index contributed by atoms with van der Waals surface area (Å²) in [5.41, 5.74) is 3.82. The highest BCUT2D eigenvalue weighted by Crippen LogP contribution is 2.54. The fraction of sp³-hybridized carbons (Fsp3) is 0.385. The average molecular weight is 447 g/mol. The Morgan fingerprint density at radius 3 is 2.82 bits per heavy atom. The van der Waals surface area contributed by atoms with Crippen molar-refractivity contribution in [2.45, 2.75) is 51.6 Å². The maximum Gasteiger partial charge on any atom is 0.164 e. The number of halogens is 1. The fourth-order valence-corrected chi connectivity index (χ4v) is 5.68. The van der Waals surface area contributed by atoms with Crippen molar-refractivity contribution in [3.05, 3.63) is 71.1 Å². The third kappa shape index (κ3) is 3.21. The highest BCUT2D eigenvalue weighted by Gasteiger charge is 2.53. The summed E-state index contributed by atoms with van der Waals surface area (Å²) >= 11 is 0. The van der Waals surface area contributed by atoms with E-state index < -0.39 is 11.2 Å². The Hall–Kier alpha value is -3.35. The molecule has 0 bridgehead atoms. The molecule has 0 spiro atoms. The number of allylic oxidation sites excluding steroid dienone is 2. The molecule has 3 aliphatic rings. The van der Waals surface area contributed by atoms with Crippen molar-refractivity contribution in [1.29, 1.82) is 0 Å². The van der Waals surface area contributed by atoms with Gasteiger partial charge < -0.3 is 10.1 Å². The number of fused-ring (bicyclic) bond motifs is 1. The van der Waals surface area contributed by atoms with Crippen LogP contribution < -0.4 is 10.1 Å². The van der Waals surface area contributed by atoms with E-state index in [4.69, 9.17) is 4.74 Å². The Morgan fingerprint density at radius 2 is 2.06 bits per heavy atom. The predicted octanol–water partition coefficient (Wildman–Crippen LogP) is 5.47. The molecule has 0 saturated heterocycles. The van der Waals surface area contributed by atoms with Crippen LogP contribution in [0.3, 0.4) is 0 Å². The molecule has 1 aromatic carbocycles. The molecule has 7 heteroatoms. The van der Waals surface area contributed by atoms with Gasteiger partial charge in [-0.1, -0.05) is 39.0 Å². The predicted molar refractivity (Wildman–Crippen MR) is 123 cm³/mol. The first-order valence-corrected chi connectivity index (χ1v) is 11.2. The van der Waals surface area contributed by atoms with Gasteiger partial charge in [-0.3, -0.25) is 9.78 Å². The summed E-state index contributed by atoms with van der Waals surface area (Å²) in [7, 11) is 1.50. The van der Waals surface area contributed by atoms with Crippen molar-refractivity contribution < 1.29 is 13.9 Å². The Kier molecular flexibility index (Phi) is 4.96. The number of azo groups is 1. The molecule has 6 nitrogen and oxygen atoms in total. The zero-order valence-corrected chi connectivity index (χ0v) is 19.3. The minimum absolute atomic E-state index is 0.130. The molecule has 0 radical (unpaired) electrons. The number of ether oxygens (including phenoxy) is 1. The molecule has 2 atom stereocenters. The number of Topliss-reactive ketones (excluding diaryl/α,β-unsaturated/α-hetero) is 1. The van der Waals surface area contributed by atoms with E-state index >= 15 is 0 Å². The molecule has 3 heterocycles. The first-order chi connectivity index (χ1) is 15.8. The van der Waals surface area contributed by atoms with Gasteiger partial charge in [0.2, 0.25) is 0 Å². The molecule has 1 aromatic heterocycles. The van der Waals surface area contributed by atoms with E-state index in [2.05, 4.69) is 41.3 Å². The van der Waals surface area contributed by atoms with Crippen molar-refractivity contribution in [3.8, 4) is 16.9 Å². The highest BCUT2D eigenvalue weighted by atomic mass is 19.1. The summed E-state index contributed by atoms with van der Waals surface area (Å²) in [6.45, 7) is 6.31. The topological polar surface area (TPSA) is 75.9 Å². The summed E-state index contributed by atoms with van der Waals surface area (Å²) in [4.78, 5) is 17.5. The molecule has 0 saturated carbocycles. The number of carbonyl (C=O) groups is 1. The fourth-order valence-electron chi connectivity index (χ4n) is 5.68. The van der Waals surface area contributed by atoms with E-state index in [-0.39, 0.29) is 17.4 Å². The smallest absolute Gasteiger partial charge is 0.164 e. The average Bonchev–Trinajstić information content (AvgIpc) is 3.25. The number of nitrogens with zero attached hydrogens (tertiary/aromatic N) is 3. The summed E-state index contributed by atoms with van der Waals surface area (Å²) in [5.74, 6) is 0.0435. The van der Waals surface area contributed by atoms with E-state index in [1.54, 1.807) is 6.20 Å². The summed E-state index contributed by atoms with van der Waals surface area (Å²) < 4.78 is 20.2. The molecule has 33 heavy (non-hydrogen) atoms. The van der Waals surface area contributed by atoms with E-state index in [1.807, 2.05) is 24.3 Å². The van der Waals surface area contributed by atoms with Gasteiger partial charge in [0.05, 0.1) is 36.7 Å². The van der Waals surface area contributed by atoms with E-state index in [1.165, 1.54) is 19.5 Å². The molecular weight excluding hydrogens is 419 g/mol. The van der Waals surface area contributed by atoms with Gasteiger partial charge in [0.15, 0.2) is 17.8 Å². The summed E-state index contributed by atoms with van der Waals surface area (Å²) in [6, 6.07) is 7.73. The number of methoxy groups -OCH3 is 1. The van der Waals surface area contributed by atoms with E-state index in [0.717, 1.165) is 28.8 Å². The third-order valence-corrected chi connectivity index (χ3v) is 7.04. The molecule has 5 rings (SSSR count). The molecule has 2 aromatic rings. The molecule has 1 unspecified atom stereocenters. The van der Waals surface area contributed by atoms with Gasteiger partial charge >= 0.3 is 0 Å². The number of aromatic nitrogens is 1. The maximum absolute atomic E-state index is 14.8. The minimum Gasteiger partial charge on any atom is -0.494 e. The van der Waals surface area contributed by atoms with Crippen LogP contribution in [0.4, 0.5) is 4.39 Å². The van der Waals surface area contributed by atoms with E-state index in [9.17, 15) is 9.18 Å². The van der Waals surface area contributed by atoms with Gasteiger partial charge in [-0.2, -0.15) is 10.2 Å². The van der Waals surface area contributed by atoms with Crippen LogP contribution in [0.2, 0.25) is 0 Å². The van der Waals surface area contributed by atoms with Crippen molar-refractivity contribution in [1.82, 2.24) is 10.3 Å². The van der Waals surface area contributed by atoms with Crippen molar-refractivity contribution in [2.24, 2.45) is 15.6 Å². The summed E-state index contributed by atoms with van der Waals surface area (Å²) in [6.07, 6.45) is 6.07. The van der Waals surface area contributed by atoms with Crippen molar-refractivity contribution in [2.75, 3.05) is 7.11 Å². The number of carbonyl (C=O) groups excluding carboxylic acids is 1. The second-order valence-corrected chi connectivity index (χ2v) is 9.70. The maximum atomic E-state index is 14.8. The van der Waals surface area contributed by atoms with Gasteiger partial charge in [-0.15, -0.1) is 0 Å². The second-order valence-electron chi connectivity index (χ2n) is 9.70. The first kappa shape index (κ1) is 21.5. The standard InChI is InChI=1S/C26H27FN4O2/c1-5-26(16-8-6-7-15(9-16)22-18(27)13-28-14-21(22)33-4)17-12-29-31-24(17)30-19-10-25(2,3)11-20(32)23(19)26/h6-9,12-14,24,30H,5,10-11H2,1-4H3/t24?,26-/m1/s1. The van der Waals surface area contributed by atoms with Crippen LogP contribution in [0.15, 0.2) is 69.9 Å². The van der Waals surface area contributed by atoms with Gasteiger partial charge in [0.1, 0.15) is 5.75 Å². The zero-order valence-electron chi connectivity index (χ0n) is 19.3. The van der Waals surface area contributed by atoms with Crippen LogP contribution >= 0.6 is 0 Å². The van der Waals surface area contributed by atoms with Gasteiger partial charge in [0, 0.05) is 23.3 Å². The third-order valence-electron chi connectivity index (χ3n) is 7.04. The van der Waals surface area contributed by atoms with Crippen LogP contribution in [0, 0.1) is 11.2 Å². The van der Waals surface area contributed by atoms with Crippen LogP contribution in [0.5, 0.6) is 5.75 Å². The number of nitrogens with one attached hydrogen (secondary N) is 1. The lowest BCUT2D eigenvalue weighted by atomic mass is 9.58. The summed E-state index contributed by atoms with van der Waals surface area (Å²) in [5, 5.41) is 12.1. The van der Waals surface area contributed by atoms with Crippen LogP contribution in [-0.4, -0.2) is 24.0 Å². The SMILES string of the molecule is CC[C@@]1(c2cccc(-c3c(F)cncc3OC)c2)C2=CN=NC2NC2=C1C(=O)CC(C)(C)C2. The van der Waals surface area contributed by atoms with Gasteiger partial charge in [0.25, 0.3) is 0 Å². The van der Waals surface area contributed by atoms with Crippen LogP contribution in [0.25, 0.3) is 11.1 Å². The van der Waals surface area contributed by atoms with Crippen LogP contribution in [-0.2, 0) is 10.2 Å². The Labute approximate surface area is 192 Å². The minimum atomic E-state index is -0.685. The van der Waals surface area contributed by atoms with Gasteiger partial charge in [-0.05, 0) is 35.4 Å². The Morgan fingerprint density at radius 1 is 1.24 bits per heavy atom. The molecule has 0 fully saturated rings. The quantitative estimate of drug-likeness (QED) is 0.676. The monoisotopic (exact) mass is 446 g/mol. The molecule has 0 amide bonds. The number of hydrogen-bond donors (Lipinski definition) is 1. The first-order valence-electron chi connectivity index (χ1n) is 11.2.